The van der Waals surface area contributed by atoms with Gasteiger partial charge in [0.1, 0.15) is 5.69 Å². The van der Waals surface area contributed by atoms with Gasteiger partial charge < -0.3 is 5.73 Å². The fourth-order valence-electron chi connectivity index (χ4n) is 2.58. The summed E-state index contributed by atoms with van der Waals surface area (Å²) in [5, 5.41) is 12.5. The van der Waals surface area contributed by atoms with Gasteiger partial charge in [-0.15, -0.1) is 5.10 Å². The molecule has 0 aliphatic heterocycles. The normalized spacial score (nSPS) is 11.0. The molecule has 0 saturated heterocycles. The second-order valence-electron chi connectivity index (χ2n) is 5.70. The highest BCUT2D eigenvalue weighted by Gasteiger charge is 2.11. The van der Waals surface area contributed by atoms with Gasteiger partial charge in [0.2, 0.25) is 5.95 Å². The van der Waals surface area contributed by atoms with E-state index in [0.29, 0.717) is 23.8 Å². The second kappa shape index (κ2) is 6.71. The first-order chi connectivity index (χ1) is 12.7. The molecule has 0 atom stereocenters. The summed E-state index contributed by atoms with van der Waals surface area (Å²) in [7, 11) is 0. The van der Waals surface area contributed by atoms with Crippen LogP contribution in [0.1, 0.15) is 18.3 Å². The van der Waals surface area contributed by atoms with Gasteiger partial charge in [0.25, 0.3) is 0 Å². The highest BCUT2D eigenvalue weighted by molar-refractivity contribution is 5.56. The van der Waals surface area contributed by atoms with Crippen LogP contribution in [0.4, 0.5) is 5.95 Å². The van der Waals surface area contributed by atoms with Crippen LogP contribution in [0.15, 0.2) is 48.9 Å². The van der Waals surface area contributed by atoms with Crippen molar-refractivity contribution in [1.29, 1.82) is 0 Å². The Morgan fingerprint density at radius 1 is 1.04 bits per heavy atom. The molecule has 4 heterocycles. The Labute approximate surface area is 149 Å². The van der Waals surface area contributed by atoms with E-state index < -0.39 is 0 Å². The lowest BCUT2D eigenvalue weighted by Crippen LogP contribution is -2.04. The molecular formula is C17H17N9. The monoisotopic (exact) mass is 347 g/mol. The van der Waals surface area contributed by atoms with Crippen molar-refractivity contribution in [2.45, 2.75) is 19.9 Å². The van der Waals surface area contributed by atoms with E-state index in [1.54, 1.807) is 27.8 Å². The maximum absolute atomic E-state index is 5.84. The summed E-state index contributed by atoms with van der Waals surface area (Å²) in [5.41, 5.74) is 9.02. The number of nitrogens with two attached hydrogens (primary N) is 1. The van der Waals surface area contributed by atoms with E-state index in [1.807, 2.05) is 30.5 Å². The number of nitrogens with zero attached hydrogens (tertiary/aromatic N) is 8. The van der Waals surface area contributed by atoms with Crippen molar-refractivity contribution in [3.8, 4) is 17.2 Å². The predicted octanol–water partition coefficient (Wildman–Crippen LogP) is 1.51. The van der Waals surface area contributed by atoms with Gasteiger partial charge in [-0.25, -0.2) is 14.3 Å². The molecule has 0 radical (unpaired) electrons. The largest absolute Gasteiger partial charge is 0.368 e. The molecule has 0 aliphatic rings. The molecule has 0 saturated carbocycles. The first-order valence-corrected chi connectivity index (χ1v) is 8.21. The lowest BCUT2D eigenvalue weighted by atomic mass is 10.2. The minimum atomic E-state index is 0.153. The van der Waals surface area contributed by atoms with Crippen molar-refractivity contribution in [3.63, 3.8) is 0 Å². The van der Waals surface area contributed by atoms with Crippen molar-refractivity contribution >= 4 is 5.95 Å². The molecule has 4 rings (SSSR count). The van der Waals surface area contributed by atoms with E-state index in [9.17, 15) is 0 Å². The van der Waals surface area contributed by atoms with E-state index in [0.717, 1.165) is 17.8 Å². The van der Waals surface area contributed by atoms with Crippen LogP contribution in [-0.4, -0.2) is 39.7 Å². The minimum Gasteiger partial charge on any atom is -0.368 e. The van der Waals surface area contributed by atoms with Crippen molar-refractivity contribution in [1.82, 2.24) is 39.7 Å². The molecular weight excluding hydrogens is 330 g/mol. The maximum Gasteiger partial charge on any atom is 0.222 e. The number of pyridine rings is 1. The van der Waals surface area contributed by atoms with Crippen LogP contribution in [0.2, 0.25) is 0 Å². The smallest absolute Gasteiger partial charge is 0.222 e. The summed E-state index contributed by atoms with van der Waals surface area (Å²) < 4.78 is 3.34. The van der Waals surface area contributed by atoms with Crippen LogP contribution in [0.5, 0.6) is 0 Å². The molecule has 0 bridgehead atoms. The van der Waals surface area contributed by atoms with Crippen molar-refractivity contribution in [3.05, 3.63) is 60.3 Å². The van der Waals surface area contributed by atoms with Crippen LogP contribution >= 0.6 is 0 Å². The fraction of sp³-hybridized carbons (Fsp3) is 0.176. The minimum absolute atomic E-state index is 0.153. The third kappa shape index (κ3) is 3.27. The Morgan fingerprint density at radius 3 is 2.73 bits per heavy atom. The zero-order chi connectivity index (χ0) is 17.9. The van der Waals surface area contributed by atoms with E-state index in [-0.39, 0.29) is 5.95 Å². The average molecular weight is 347 g/mol. The fourth-order valence-corrected chi connectivity index (χ4v) is 2.58. The van der Waals surface area contributed by atoms with Gasteiger partial charge in [-0.05, 0) is 24.6 Å². The number of aryl methyl sites for hydroxylation is 1. The van der Waals surface area contributed by atoms with Crippen LogP contribution in [0.25, 0.3) is 17.2 Å². The number of anilines is 1. The van der Waals surface area contributed by atoms with Gasteiger partial charge in [-0.2, -0.15) is 10.1 Å². The lowest BCUT2D eigenvalue weighted by molar-refractivity contribution is 0.636. The van der Waals surface area contributed by atoms with Crippen molar-refractivity contribution in [2.24, 2.45) is 0 Å². The van der Waals surface area contributed by atoms with E-state index in [4.69, 9.17) is 5.73 Å². The molecule has 4 aromatic heterocycles. The van der Waals surface area contributed by atoms with Gasteiger partial charge in [0.15, 0.2) is 5.82 Å². The SMILES string of the molecule is CCc1cccc(Cn2cc(-c3cc(-n4cccn4)nc(N)n3)nn2)n1. The van der Waals surface area contributed by atoms with E-state index in [1.165, 1.54) is 0 Å². The van der Waals surface area contributed by atoms with E-state index >= 15 is 0 Å². The van der Waals surface area contributed by atoms with Crippen LogP contribution in [0.3, 0.4) is 0 Å². The van der Waals surface area contributed by atoms with Crippen LogP contribution < -0.4 is 5.73 Å². The summed E-state index contributed by atoms with van der Waals surface area (Å²) in [4.78, 5) is 13.0. The Morgan fingerprint density at radius 2 is 1.92 bits per heavy atom. The molecule has 9 heteroatoms. The third-order valence-corrected chi connectivity index (χ3v) is 3.82. The molecule has 9 nitrogen and oxygen atoms in total. The van der Waals surface area contributed by atoms with Crippen molar-refractivity contribution < 1.29 is 0 Å². The van der Waals surface area contributed by atoms with Crippen molar-refractivity contribution in [2.75, 3.05) is 5.73 Å². The topological polar surface area (TPSA) is 113 Å². The Balaban J connectivity index is 1.62. The van der Waals surface area contributed by atoms with Crippen LogP contribution in [-0.2, 0) is 13.0 Å². The first kappa shape index (κ1) is 15.9. The molecule has 0 aliphatic carbocycles. The molecule has 0 spiro atoms. The quantitative estimate of drug-likeness (QED) is 0.582. The standard InChI is InChI=1S/C17H17N9/c1-2-12-5-3-6-13(20-12)10-25-11-15(23-24-25)14-9-16(22-17(18)21-14)26-8-4-7-19-26/h3-9,11H,2,10H2,1H3,(H2,18,21,22). The zero-order valence-corrected chi connectivity index (χ0v) is 14.2. The first-order valence-electron chi connectivity index (χ1n) is 8.21. The summed E-state index contributed by atoms with van der Waals surface area (Å²) >= 11 is 0. The molecule has 2 N–H and O–H groups in total. The lowest BCUT2D eigenvalue weighted by Gasteiger charge is -2.04. The van der Waals surface area contributed by atoms with Gasteiger partial charge in [0.05, 0.1) is 24.1 Å². The summed E-state index contributed by atoms with van der Waals surface area (Å²) in [6.07, 6.45) is 6.17. The predicted molar refractivity (Wildman–Crippen MR) is 95.3 cm³/mol. The molecule has 0 aromatic carbocycles. The molecule has 130 valence electrons. The molecule has 0 amide bonds. The molecule has 26 heavy (non-hydrogen) atoms. The number of hydrogen-bond donors (Lipinski definition) is 1. The number of hydrogen-bond acceptors (Lipinski definition) is 7. The summed E-state index contributed by atoms with van der Waals surface area (Å²) in [5.74, 6) is 0.726. The Kier molecular flexibility index (Phi) is 4.10. The van der Waals surface area contributed by atoms with Crippen LogP contribution in [0, 0.1) is 0 Å². The van der Waals surface area contributed by atoms with Gasteiger partial charge in [-0.3, -0.25) is 4.98 Å². The van der Waals surface area contributed by atoms with Gasteiger partial charge >= 0.3 is 0 Å². The third-order valence-electron chi connectivity index (χ3n) is 3.82. The summed E-state index contributed by atoms with van der Waals surface area (Å²) in [6, 6.07) is 9.57. The molecule has 0 fully saturated rings. The van der Waals surface area contributed by atoms with Gasteiger partial charge in [0, 0.05) is 24.2 Å². The number of aromatic nitrogens is 8. The second-order valence-corrected chi connectivity index (χ2v) is 5.70. The highest BCUT2D eigenvalue weighted by atomic mass is 15.4. The maximum atomic E-state index is 5.84. The van der Waals surface area contributed by atoms with E-state index in [2.05, 4.69) is 37.3 Å². The Hall–Kier alpha value is -3.62. The Bertz CT molecular complexity index is 1020. The summed E-state index contributed by atoms with van der Waals surface area (Å²) in [6.45, 7) is 2.61. The molecule has 0 unspecified atom stereocenters. The average Bonchev–Trinajstić information content (AvgIpc) is 3.33. The number of nitrogen functional groups attached to an aromatic ring is 1. The molecule has 4 aromatic rings. The zero-order valence-electron chi connectivity index (χ0n) is 14.2. The highest BCUT2D eigenvalue weighted by Crippen LogP contribution is 2.17. The van der Waals surface area contributed by atoms with Gasteiger partial charge in [-0.1, -0.05) is 18.2 Å². The number of rotatable bonds is 5.